The van der Waals surface area contributed by atoms with Crippen molar-refractivity contribution in [3.8, 4) is 5.75 Å². The largest absolute Gasteiger partial charge is 0.488 e. The minimum absolute atomic E-state index is 0.0434. The lowest BCUT2D eigenvalue weighted by Gasteiger charge is -2.34. The molecule has 0 aliphatic carbocycles. The first-order valence-electron chi connectivity index (χ1n) is 12.6. The molecule has 2 heterocycles. The fourth-order valence-electron chi connectivity index (χ4n) is 4.38. The smallest absolute Gasteiger partial charge is 0.389 e. The summed E-state index contributed by atoms with van der Waals surface area (Å²) in [6.45, 7) is 5.16. The number of ether oxygens (including phenoxy) is 1. The normalized spacial score (nSPS) is 19.2. The van der Waals surface area contributed by atoms with Gasteiger partial charge in [0.15, 0.2) is 0 Å². The zero-order chi connectivity index (χ0) is 27.9. The predicted molar refractivity (Wildman–Crippen MR) is 136 cm³/mol. The van der Waals surface area contributed by atoms with E-state index in [9.17, 15) is 27.9 Å². The Morgan fingerprint density at radius 1 is 1.29 bits per heavy atom. The Hall–Kier alpha value is -3.18. The van der Waals surface area contributed by atoms with E-state index in [0.29, 0.717) is 30.9 Å². The Balaban J connectivity index is 1.84. The molecule has 2 amide bonds. The van der Waals surface area contributed by atoms with Gasteiger partial charge in [-0.3, -0.25) is 19.5 Å². The van der Waals surface area contributed by atoms with Crippen LogP contribution in [0.4, 0.5) is 18.9 Å². The molecule has 0 fully saturated rings. The molecule has 0 radical (unpaired) electrons. The molecule has 0 spiro atoms. The lowest BCUT2D eigenvalue weighted by Crippen LogP contribution is -2.47. The Bertz CT molecular complexity index is 1080. The van der Waals surface area contributed by atoms with Gasteiger partial charge in [0, 0.05) is 55.6 Å². The fourth-order valence-corrected chi connectivity index (χ4v) is 4.38. The number of alkyl halides is 3. The molecule has 2 aromatic rings. The molecule has 3 rings (SSSR count). The van der Waals surface area contributed by atoms with E-state index in [4.69, 9.17) is 4.74 Å². The van der Waals surface area contributed by atoms with Crippen LogP contribution in [-0.2, 0) is 22.6 Å². The molecule has 1 aliphatic heterocycles. The van der Waals surface area contributed by atoms with E-state index in [2.05, 4.69) is 15.2 Å². The average molecular weight is 537 g/mol. The molecule has 0 bridgehead atoms. The third kappa shape index (κ3) is 8.70. The summed E-state index contributed by atoms with van der Waals surface area (Å²) in [6.07, 6.45) is -3.22. The van der Waals surface area contributed by atoms with E-state index in [1.807, 2.05) is 26.1 Å². The molecule has 1 aromatic carbocycles. The number of nitrogens with zero attached hydrogens (tertiary/aromatic N) is 3. The molecule has 11 heteroatoms. The van der Waals surface area contributed by atoms with Crippen molar-refractivity contribution in [2.24, 2.45) is 5.92 Å². The van der Waals surface area contributed by atoms with Gasteiger partial charge >= 0.3 is 6.18 Å². The number of likely N-dealkylation sites (N-methyl/N-ethyl adjacent to an activating group) is 1. The maximum atomic E-state index is 13.3. The van der Waals surface area contributed by atoms with Gasteiger partial charge in [0.2, 0.25) is 11.8 Å². The Kier molecular flexibility index (Phi) is 10.1. The molecule has 38 heavy (non-hydrogen) atoms. The van der Waals surface area contributed by atoms with Crippen LogP contribution in [0.15, 0.2) is 42.7 Å². The number of nitrogens with one attached hydrogen (secondary N) is 1. The van der Waals surface area contributed by atoms with Gasteiger partial charge < -0.3 is 20.1 Å². The van der Waals surface area contributed by atoms with Crippen LogP contribution in [0.3, 0.4) is 0 Å². The number of hydrogen-bond donors (Lipinski definition) is 2. The highest BCUT2D eigenvalue weighted by Gasteiger charge is 2.31. The minimum Gasteiger partial charge on any atom is -0.488 e. The molecule has 3 atom stereocenters. The number of amides is 2. The van der Waals surface area contributed by atoms with Crippen molar-refractivity contribution >= 4 is 17.5 Å². The van der Waals surface area contributed by atoms with Crippen molar-refractivity contribution in [2.45, 2.75) is 58.0 Å². The van der Waals surface area contributed by atoms with Gasteiger partial charge in [-0.15, -0.1) is 0 Å². The van der Waals surface area contributed by atoms with Crippen molar-refractivity contribution < 1.29 is 32.6 Å². The molecule has 0 saturated carbocycles. The first-order valence-corrected chi connectivity index (χ1v) is 12.6. The fraction of sp³-hybridized carbons (Fsp3) is 0.519. The molecule has 2 N–H and O–H groups in total. The second kappa shape index (κ2) is 13.1. The van der Waals surface area contributed by atoms with Crippen molar-refractivity contribution in [2.75, 3.05) is 32.1 Å². The van der Waals surface area contributed by atoms with E-state index in [1.165, 1.54) is 0 Å². The Morgan fingerprint density at radius 2 is 2.00 bits per heavy atom. The molecular weight excluding hydrogens is 501 g/mol. The standard InChI is InChI=1S/C27H35F3N4O4/c1-18-14-34(19(2)17-35)26(37)13-21-12-22(32-25(36)6-9-27(28,29)30)4-5-23(21)38-24(18)16-33(3)15-20-7-10-31-11-8-20/h4-5,7-8,10-12,18-19,24,35H,6,9,13-17H2,1-3H3,(H,32,36)/t18-,19-,24+/m1/s1. The van der Waals surface area contributed by atoms with Crippen LogP contribution in [0.25, 0.3) is 0 Å². The molecular formula is C27H35F3N4O4. The summed E-state index contributed by atoms with van der Waals surface area (Å²) in [4.78, 5) is 33.1. The summed E-state index contributed by atoms with van der Waals surface area (Å²) in [5.74, 6) is -0.591. The molecule has 8 nitrogen and oxygen atoms in total. The van der Waals surface area contributed by atoms with E-state index in [-0.39, 0.29) is 36.6 Å². The number of carbonyl (C=O) groups excluding carboxylic acids is 2. The Labute approximate surface area is 220 Å². The monoisotopic (exact) mass is 536 g/mol. The number of aromatic nitrogens is 1. The first kappa shape index (κ1) is 29.4. The van der Waals surface area contributed by atoms with E-state index < -0.39 is 31.0 Å². The Morgan fingerprint density at radius 3 is 2.66 bits per heavy atom. The summed E-state index contributed by atoms with van der Waals surface area (Å²) in [5, 5.41) is 12.3. The van der Waals surface area contributed by atoms with Gasteiger partial charge in [0.25, 0.3) is 0 Å². The first-order chi connectivity index (χ1) is 17.9. The lowest BCUT2D eigenvalue weighted by molar-refractivity contribution is -0.142. The number of rotatable bonds is 9. The van der Waals surface area contributed by atoms with Gasteiger partial charge in [-0.1, -0.05) is 6.92 Å². The summed E-state index contributed by atoms with van der Waals surface area (Å²) in [7, 11) is 1.98. The molecule has 0 saturated heterocycles. The number of halogens is 3. The van der Waals surface area contributed by atoms with Crippen LogP contribution in [0, 0.1) is 5.92 Å². The number of hydrogen-bond acceptors (Lipinski definition) is 6. The second-order valence-electron chi connectivity index (χ2n) is 9.93. The maximum absolute atomic E-state index is 13.3. The predicted octanol–water partition coefficient (Wildman–Crippen LogP) is 3.64. The van der Waals surface area contributed by atoms with Crippen molar-refractivity contribution in [3.05, 3.63) is 53.9 Å². The number of carbonyl (C=O) groups is 2. The lowest BCUT2D eigenvalue weighted by atomic mass is 10.0. The summed E-state index contributed by atoms with van der Waals surface area (Å²) in [6, 6.07) is 8.22. The molecule has 1 aromatic heterocycles. The summed E-state index contributed by atoms with van der Waals surface area (Å²) < 4.78 is 43.9. The summed E-state index contributed by atoms with van der Waals surface area (Å²) in [5.41, 5.74) is 1.89. The highest BCUT2D eigenvalue weighted by atomic mass is 19.4. The third-order valence-corrected chi connectivity index (χ3v) is 6.53. The van der Waals surface area contributed by atoms with E-state index >= 15 is 0 Å². The highest BCUT2D eigenvalue weighted by Crippen LogP contribution is 2.30. The van der Waals surface area contributed by atoms with Gasteiger partial charge in [-0.05, 0) is 49.9 Å². The van der Waals surface area contributed by atoms with Crippen LogP contribution in [0.2, 0.25) is 0 Å². The topological polar surface area (TPSA) is 95.0 Å². The third-order valence-electron chi connectivity index (χ3n) is 6.53. The molecule has 0 unspecified atom stereocenters. The van der Waals surface area contributed by atoms with Crippen LogP contribution < -0.4 is 10.1 Å². The van der Waals surface area contributed by atoms with Crippen LogP contribution in [-0.4, -0.2) is 76.8 Å². The van der Waals surface area contributed by atoms with Crippen LogP contribution >= 0.6 is 0 Å². The second-order valence-corrected chi connectivity index (χ2v) is 9.93. The maximum Gasteiger partial charge on any atom is 0.389 e. The van der Waals surface area contributed by atoms with Crippen LogP contribution in [0.5, 0.6) is 5.75 Å². The number of aliphatic hydroxyl groups excluding tert-OH is 1. The number of pyridine rings is 1. The van der Waals surface area contributed by atoms with Gasteiger partial charge in [-0.2, -0.15) is 13.2 Å². The van der Waals surface area contributed by atoms with Gasteiger partial charge in [-0.25, -0.2) is 0 Å². The minimum atomic E-state index is -4.43. The molecule has 1 aliphatic rings. The zero-order valence-electron chi connectivity index (χ0n) is 21.9. The van der Waals surface area contributed by atoms with Gasteiger partial charge in [0.05, 0.1) is 25.5 Å². The van der Waals surface area contributed by atoms with E-state index in [0.717, 1.165) is 5.56 Å². The van der Waals surface area contributed by atoms with E-state index in [1.54, 1.807) is 42.4 Å². The average Bonchev–Trinajstić information content (AvgIpc) is 2.90. The number of fused-ring (bicyclic) bond motifs is 1. The highest BCUT2D eigenvalue weighted by molar-refractivity contribution is 5.91. The zero-order valence-corrected chi connectivity index (χ0v) is 21.9. The van der Waals surface area contributed by atoms with Crippen LogP contribution in [0.1, 0.15) is 37.8 Å². The summed E-state index contributed by atoms with van der Waals surface area (Å²) >= 11 is 0. The van der Waals surface area contributed by atoms with Gasteiger partial charge in [0.1, 0.15) is 11.9 Å². The number of benzene rings is 1. The van der Waals surface area contributed by atoms with Crippen molar-refractivity contribution in [1.29, 1.82) is 0 Å². The number of aliphatic hydroxyl groups is 1. The van der Waals surface area contributed by atoms with Crippen molar-refractivity contribution in [1.82, 2.24) is 14.8 Å². The molecule has 208 valence electrons. The quantitative estimate of drug-likeness (QED) is 0.508. The number of anilines is 1. The SMILES string of the molecule is C[C@@H]1CN([C@H](C)CO)C(=O)Cc2cc(NC(=O)CCC(F)(F)F)ccc2O[C@H]1CN(C)Cc1ccncc1. The van der Waals surface area contributed by atoms with Crippen molar-refractivity contribution in [3.63, 3.8) is 0 Å².